The van der Waals surface area contributed by atoms with Crippen LogP contribution in [-0.4, -0.2) is 24.2 Å². The molecule has 0 spiro atoms. The number of benzene rings is 1. The Balaban J connectivity index is 2.63. The summed E-state index contributed by atoms with van der Waals surface area (Å²) in [5.74, 6) is -0.731. The SMILES string of the molecule is CC(C)=CCN(CCCC(=O)O)c1ccccc1. The zero-order valence-electron chi connectivity index (χ0n) is 11.1. The molecule has 1 rings (SSSR count). The smallest absolute Gasteiger partial charge is 0.303 e. The van der Waals surface area contributed by atoms with Gasteiger partial charge < -0.3 is 10.0 Å². The van der Waals surface area contributed by atoms with E-state index in [1.54, 1.807) is 0 Å². The van der Waals surface area contributed by atoms with Gasteiger partial charge in [0.05, 0.1) is 0 Å². The standard InChI is InChI=1S/C15H21NO2/c1-13(2)10-12-16(11-6-9-15(17)18)14-7-4-3-5-8-14/h3-5,7-8,10H,6,9,11-12H2,1-2H3,(H,17,18). The van der Waals surface area contributed by atoms with Gasteiger partial charge in [-0.15, -0.1) is 0 Å². The molecule has 0 unspecified atom stereocenters. The van der Waals surface area contributed by atoms with E-state index in [0.29, 0.717) is 6.42 Å². The number of anilines is 1. The van der Waals surface area contributed by atoms with Gasteiger partial charge in [0, 0.05) is 25.2 Å². The molecule has 0 saturated heterocycles. The van der Waals surface area contributed by atoms with Gasteiger partial charge in [0.25, 0.3) is 0 Å². The lowest BCUT2D eigenvalue weighted by atomic mass is 10.2. The summed E-state index contributed by atoms with van der Waals surface area (Å²) >= 11 is 0. The first-order valence-electron chi connectivity index (χ1n) is 6.24. The monoisotopic (exact) mass is 247 g/mol. The molecular formula is C15H21NO2. The van der Waals surface area contributed by atoms with Crippen LogP contribution >= 0.6 is 0 Å². The van der Waals surface area contributed by atoms with Gasteiger partial charge in [-0.3, -0.25) is 4.79 Å². The Morgan fingerprint density at radius 2 is 1.94 bits per heavy atom. The van der Waals surface area contributed by atoms with E-state index in [-0.39, 0.29) is 6.42 Å². The Kier molecular flexibility index (Phi) is 5.98. The van der Waals surface area contributed by atoms with E-state index in [0.717, 1.165) is 18.8 Å². The Labute approximate surface area is 109 Å². The molecule has 0 fully saturated rings. The number of allylic oxidation sites excluding steroid dienone is 1. The first-order valence-corrected chi connectivity index (χ1v) is 6.24. The molecule has 0 aliphatic heterocycles. The molecule has 18 heavy (non-hydrogen) atoms. The van der Waals surface area contributed by atoms with Crippen molar-refractivity contribution in [3.05, 3.63) is 42.0 Å². The molecule has 0 heterocycles. The number of carboxylic acid groups (broad SMARTS) is 1. The second-order valence-corrected chi connectivity index (χ2v) is 4.56. The third kappa shape index (κ3) is 5.53. The van der Waals surface area contributed by atoms with Crippen LogP contribution < -0.4 is 4.90 Å². The molecule has 0 radical (unpaired) electrons. The van der Waals surface area contributed by atoms with Crippen molar-refractivity contribution in [3.63, 3.8) is 0 Å². The van der Waals surface area contributed by atoms with Crippen molar-refractivity contribution < 1.29 is 9.90 Å². The van der Waals surface area contributed by atoms with E-state index in [9.17, 15) is 4.79 Å². The maximum absolute atomic E-state index is 10.6. The van der Waals surface area contributed by atoms with E-state index in [1.807, 2.05) is 18.2 Å². The van der Waals surface area contributed by atoms with Gasteiger partial charge in [0.1, 0.15) is 0 Å². The second kappa shape index (κ2) is 7.54. The van der Waals surface area contributed by atoms with Gasteiger partial charge in [0.2, 0.25) is 0 Å². The zero-order valence-corrected chi connectivity index (χ0v) is 11.1. The molecular weight excluding hydrogens is 226 g/mol. The minimum absolute atomic E-state index is 0.220. The van der Waals surface area contributed by atoms with Gasteiger partial charge in [-0.2, -0.15) is 0 Å². The maximum Gasteiger partial charge on any atom is 0.303 e. The van der Waals surface area contributed by atoms with Crippen molar-refractivity contribution in [2.45, 2.75) is 26.7 Å². The molecule has 1 aromatic carbocycles. The number of hydrogen-bond acceptors (Lipinski definition) is 2. The highest BCUT2D eigenvalue weighted by Crippen LogP contribution is 2.14. The summed E-state index contributed by atoms with van der Waals surface area (Å²) in [6.45, 7) is 5.73. The molecule has 0 bridgehead atoms. The van der Waals surface area contributed by atoms with Gasteiger partial charge in [-0.25, -0.2) is 0 Å². The molecule has 0 atom stereocenters. The molecule has 1 aromatic rings. The quantitative estimate of drug-likeness (QED) is 0.751. The van der Waals surface area contributed by atoms with E-state index in [1.165, 1.54) is 5.57 Å². The Morgan fingerprint density at radius 3 is 2.50 bits per heavy atom. The maximum atomic E-state index is 10.6. The highest BCUT2D eigenvalue weighted by Gasteiger charge is 2.05. The van der Waals surface area contributed by atoms with Crippen LogP contribution in [0.4, 0.5) is 5.69 Å². The number of para-hydroxylation sites is 1. The molecule has 1 N–H and O–H groups in total. The summed E-state index contributed by atoms with van der Waals surface area (Å²) < 4.78 is 0. The highest BCUT2D eigenvalue weighted by molar-refractivity contribution is 5.66. The van der Waals surface area contributed by atoms with Gasteiger partial charge >= 0.3 is 5.97 Å². The first kappa shape index (κ1) is 14.3. The molecule has 0 aliphatic rings. The van der Waals surface area contributed by atoms with Crippen LogP contribution in [-0.2, 0) is 4.79 Å². The van der Waals surface area contributed by atoms with Crippen LogP contribution in [0.15, 0.2) is 42.0 Å². The van der Waals surface area contributed by atoms with Crippen LogP contribution in [0.5, 0.6) is 0 Å². The molecule has 0 aromatic heterocycles. The average Bonchev–Trinajstić information content (AvgIpc) is 2.34. The predicted molar refractivity (Wildman–Crippen MR) is 75.0 cm³/mol. The lowest BCUT2D eigenvalue weighted by Crippen LogP contribution is -2.25. The fraction of sp³-hybridized carbons (Fsp3) is 0.400. The van der Waals surface area contributed by atoms with Crippen molar-refractivity contribution in [1.82, 2.24) is 0 Å². The van der Waals surface area contributed by atoms with Crippen molar-refractivity contribution in [2.75, 3.05) is 18.0 Å². The summed E-state index contributed by atoms with van der Waals surface area (Å²) in [6, 6.07) is 10.1. The second-order valence-electron chi connectivity index (χ2n) is 4.56. The van der Waals surface area contributed by atoms with Crippen molar-refractivity contribution in [1.29, 1.82) is 0 Å². The molecule has 0 aliphatic carbocycles. The minimum Gasteiger partial charge on any atom is -0.481 e. The third-order valence-corrected chi connectivity index (χ3v) is 2.66. The van der Waals surface area contributed by atoms with Crippen molar-refractivity contribution >= 4 is 11.7 Å². The predicted octanol–water partition coefficient (Wildman–Crippen LogP) is 3.32. The number of carboxylic acids is 1. The Morgan fingerprint density at radius 1 is 1.28 bits per heavy atom. The average molecular weight is 247 g/mol. The van der Waals surface area contributed by atoms with Gasteiger partial charge in [-0.1, -0.05) is 29.8 Å². The zero-order chi connectivity index (χ0) is 13.4. The van der Waals surface area contributed by atoms with Crippen molar-refractivity contribution in [2.24, 2.45) is 0 Å². The van der Waals surface area contributed by atoms with E-state index in [2.05, 4.69) is 37.0 Å². The number of rotatable bonds is 7. The van der Waals surface area contributed by atoms with Gasteiger partial charge in [0.15, 0.2) is 0 Å². The van der Waals surface area contributed by atoms with Crippen LogP contribution in [0.2, 0.25) is 0 Å². The summed E-state index contributed by atoms with van der Waals surface area (Å²) in [6.07, 6.45) is 3.05. The third-order valence-electron chi connectivity index (χ3n) is 2.66. The Hall–Kier alpha value is -1.77. The number of carbonyl (C=O) groups is 1. The number of nitrogens with zero attached hydrogens (tertiary/aromatic N) is 1. The van der Waals surface area contributed by atoms with Crippen LogP contribution in [0.25, 0.3) is 0 Å². The summed E-state index contributed by atoms with van der Waals surface area (Å²) in [5, 5.41) is 8.68. The fourth-order valence-corrected chi connectivity index (χ4v) is 1.68. The summed E-state index contributed by atoms with van der Waals surface area (Å²) in [4.78, 5) is 12.8. The van der Waals surface area contributed by atoms with Gasteiger partial charge in [-0.05, 0) is 32.4 Å². The van der Waals surface area contributed by atoms with E-state index < -0.39 is 5.97 Å². The highest BCUT2D eigenvalue weighted by atomic mass is 16.4. The molecule has 0 saturated carbocycles. The molecule has 0 amide bonds. The lowest BCUT2D eigenvalue weighted by molar-refractivity contribution is -0.137. The van der Waals surface area contributed by atoms with E-state index in [4.69, 9.17) is 5.11 Å². The summed E-state index contributed by atoms with van der Waals surface area (Å²) in [7, 11) is 0. The summed E-state index contributed by atoms with van der Waals surface area (Å²) in [5.41, 5.74) is 2.41. The minimum atomic E-state index is -0.731. The Bertz CT molecular complexity index is 394. The fourth-order valence-electron chi connectivity index (χ4n) is 1.68. The van der Waals surface area contributed by atoms with Crippen LogP contribution in [0, 0.1) is 0 Å². The number of aliphatic carboxylic acids is 1. The van der Waals surface area contributed by atoms with E-state index >= 15 is 0 Å². The largest absolute Gasteiger partial charge is 0.481 e. The molecule has 3 heteroatoms. The van der Waals surface area contributed by atoms with Crippen LogP contribution in [0.1, 0.15) is 26.7 Å². The van der Waals surface area contributed by atoms with Crippen molar-refractivity contribution in [3.8, 4) is 0 Å². The lowest BCUT2D eigenvalue weighted by Gasteiger charge is -2.23. The topological polar surface area (TPSA) is 40.5 Å². The number of hydrogen-bond donors (Lipinski definition) is 1. The van der Waals surface area contributed by atoms with Crippen LogP contribution in [0.3, 0.4) is 0 Å². The normalized spacial score (nSPS) is 9.89. The molecule has 3 nitrogen and oxygen atoms in total. The first-order chi connectivity index (χ1) is 8.59. The molecule has 98 valence electrons.